The summed E-state index contributed by atoms with van der Waals surface area (Å²) >= 11 is 1.52. The van der Waals surface area contributed by atoms with Gasteiger partial charge in [0.2, 0.25) is 0 Å². The van der Waals surface area contributed by atoms with Gasteiger partial charge in [0.25, 0.3) is 5.91 Å². The fourth-order valence-electron chi connectivity index (χ4n) is 1.91. The molecular weight excluding hydrogens is 258 g/mol. The van der Waals surface area contributed by atoms with Crippen LogP contribution in [0.2, 0.25) is 0 Å². The summed E-state index contributed by atoms with van der Waals surface area (Å²) in [5.74, 6) is 0.865. The summed E-state index contributed by atoms with van der Waals surface area (Å²) in [5.41, 5.74) is 2.71. The van der Waals surface area contributed by atoms with Gasteiger partial charge < -0.3 is 10.3 Å². The fraction of sp³-hybridized carbons (Fsp3) is 0.143. The second-order valence-electron chi connectivity index (χ2n) is 4.22. The molecule has 0 atom stereocenters. The van der Waals surface area contributed by atoms with Crippen LogP contribution in [0.25, 0.3) is 11.0 Å². The summed E-state index contributed by atoms with van der Waals surface area (Å²) in [5, 5.41) is 6.63. The molecule has 0 spiro atoms. The molecule has 3 aromatic rings. The maximum atomic E-state index is 11.7. The Morgan fingerprint density at radius 2 is 2.21 bits per heavy atom. The van der Waals surface area contributed by atoms with Crippen LogP contribution in [0.4, 0.5) is 0 Å². The lowest BCUT2D eigenvalue weighted by atomic mass is 10.3. The van der Waals surface area contributed by atoms with E-state index in [1.807, 2.05) is 41.1 Å². The number of aromatic amines is 1. The molecule has 96 valence electrons. The van der Waals surface area contributed by atoms with Gasteiger partial charge in [-0.25, -0.2) is 4.98 Å². The summed E-state index contributed by atoms with van der Waals surface area (Å²) < 4.78 is 0. The molecule has 0 unspecified atom stereocenters. The zero-order chi connectivity index (χ0) is 13.1. The van der Waals surface area contributed by atoms with E-state index in [0.29, 0.717) is 13.0 Å². The third-order valence-electron chi connectivity index (χ3n) is 2.87. The van der Waals surface area contributed by atoms with Gasteiger partial charge in [-0.05, 0) is 23.6 Å². The molecule has 2 heterocycles. The molecule has 0 saturated carbocycles. The molecule has 4 nitrogen and oxygen atoms in total. The average Bonchev–Trinajstić information content (AvgIpc) is 3.07. The summed E-state index contributed by atoms with van der Waals surface area (Å²) in [6.07, 6.45) is 0.699. The van der Waals surface area contributed by atoms with Crippen LogP contribution in [-0.2, 0) is 6.42 Å². The lowest BCUT2D eigenvalue weighted by molar-refractivity contribution is 0.0954. The fourth-order valence-corrected chi connectivity index (χ4v) is 2.55. The standard InChI is InChI=1S/C14H13N3OS/c18-14(10-6-8-19-9-10)15-7-5-13-16-11-3-1-2-4-12(11)17-13/h1-4,6,8-9H,5,7H2,(H,15,18)(H,16,17). The van der Waals surface area contributed by atoms with Crippen LogP contribution >= 0.6 is 11.3 Å². The topological polar surface area (TPSA) is 57.8 Å². The predicted molar refractivity (Wildman–Crippen MR) is 76.4 cm³/mol. The van der Waals surface area contributed by atoms with Crippen molar-refractivity contribution < 1.29 is 4.79 Å². The minimum Gasteiger partial charge on any atom is -0.352 e. The zero-order valence-corrected chi connectivity index (χ0v) is 11.0. The number of rotatable bonds is 4. The van der Waals surface area contributed by atoms with Crippen LogP contribution in [0.3, 0.4) is 0 Å². The third-order valence-corrected chi connectivity index (χ3v) is 3.55. The number of thiophene rings is 1. The molecular formula is C14H13N3OS. The van der Waals surface area contributed by atoms with Crippen molar-refractivity contribution in [2.24, 2.45) is 0 Å². The Kier molecular flexibility index (Phi) is 3.29. The number of nitrogens with one attached hydrogen (secondary N) is 2. The highest BCUT2D eigenvalue weighted by atomic mass is 32.1. The minimum atomic E-state index is -0.0302. The van der Waals surface area contributed by atoms with Gasteiger partial charge in [-0.3, -0.25) is 4.79 Å². The van der Waals surface area contributed by atoms with E-state index in [-0.39, 0.29) is 5.91 Å². The van der Waals surface area contributed by atoms with E-state index in [1.165, 1.54) is 11.3 Å². The number of para-hydroxylation sites is 2. The van der Waals surface area contributed by atoms with E-state index in [9.17, 15) is 4.79 Å². The molecule has 0 aliphatic rings. The third kappa shape index (κ3) is 2.66. The number of amides is 1. The smallest absolute Gasteiger partial charge is 0.252 e. The van der Waals surface area contributed by atoms with E-state index in [2.05, 4.69) is 15.3 Å². The molecule has 5 heteroatoms. The first-order valence-electron chi connectivity index (χ1n) is 6.07. The highest BCUT2D eigenvalue weighted by molar-refractivity contribution is 7.08. The number of fused-ring (bicyclic) bond motifs is 1. The number of hydrogen-bond donors (Lipinski definition) is 2. The van der Waals surface area contributed by atoms with Crippen LogP contribution in [0, 0.1) is 0 Å². The molecule has 0 fully saturated rings. The van der Waals surface area contributed by atoms with Crippen LogP contribution in [0.1, 0.15) is 16.2 Å². The Labute approximate surface area is 114 Å². The van der Waals surface area contributed by atoms with E-state index in [0.717, 1.165) is 22.4 Å². The van der Waals surface area contributed by atoms with Crippen molar-refractivity contribution in [2.75, 3.05) is 6.54 Å². The molecule has 1 amide bonds. The van der Waals surface area contributed by atoms with Crippen molar-refractivity contribution in [3.8, 4) is 0 Å². The second kappa shape index (κ2) is 5.24. The van der Waals surface area contributed by atoms with Gasteiger partial charge in [-0.2, -0.15) is 11.3 Å². The Bertz CT molecular complexity index is 655. The maximum absolute atomic E-state index is 11.7. The average molecular weight is 271 g/mol. The largest absolute Gasteiger partial charge is 0.352 e. The number of imidazole rings is 1. The van der Waals surface area contributed by atoms with Gasteiger partial charge in [0.1, 0.15) is 5.82 Å². The normalized spacial score (nSPS) is 10.7. The van der Waals surface area contributed by atoms with Crippen LogP contribution in [0.15, 0.2) is 41.1 Å². The van der Waals surface area contributed by atoms with Crippen LogP contribution in [-0.4, -0.2) is 22.4 Å². The Morgan fingerprint density at radius 1 is 1.32 bits per heavy atom. The molecule has 1 aromatic carbocycles. The van der Waals surface area contributed by atoms with E-state index in [1.54, 1.807) is 0 Å². The summed E-state index contributed by atoms with van der Waals surface area (Å²) in [6.45, 7) is 0.578. The number of carbonyl (C=O) groups excluding carboxylic acids is 1. The Balaban J connectivity index is 1.59. The molecule has 0 bridgehead atoms. The molecule has 2 aromatic heterocycles. The van der Waals surface area contributed by atoms with Crippen molar-refractivity contribution in [1.82, 2.24) is 15.3 Å². The van der Waals surface area contributed by atoms with Gasteiger partial charge in [-0.15, -0.1) is 0 Å². The van der Waals surface area contributed by atoms with Gasteiger partial charge >= 0.3 is 0 Å². The lowest BCUT2D eigenvalue weighted by Gasteiger charge is -2.01. The molecule has 0 saturated heterocycles. The number of aromatic nitrogens is 2. The summed E-state index contributed by atoms with van der Waals surface area (Å²) in [4.78, 5) is 19.4. The monoisotopic (exact) mass is 271 g/mol. The first-order chi connectivity index (χ1) is 9.33. The Hall–Kier alpha value is -2.14. The first kappa shape index (κ1) is 11.9. The zero-order valence-electron chi connectivity index (χ0n) is 10.2. The van der Waals surface area contributed by atoms with E-state index < -0.39 is 0 Å². The Morgan fingerprint density at radius 3 is 3.00 bits per heavy atom. The first-order valence-corrected chi connectivity index (χ1v) is 7.01. The van der Waals surface area contributed by atoms with Gasteiger partial charge in [0.15, 0.2) is 0 Å². The minimum absolute atomic E-state index is 0.0302. The SMILES string of the molecule is O=C(NCCc1nc2ccccc2[nH]1)c1ccsc1. The van der Waals surface area contributed by atoms with Crippen LogP contribution < -0.4 is 5.32 Å². The molecule has 0 aliphatic carbocycles. The molecule has 0 radical (unpaired) electrons. The van der Waals surface area contributed by atoms with Crippen molar-refractivity contribution in [3.05, 3.63) is 52.5 Å². The molecule has 2 N–H and O–H groups in total. The maximum Gasteiger partial charge on any atom is 0.252 e. The highest BCUT2D eigenvalue weighted by Crippen LogP contribution is 2.10. The molecule has 3 rings (SSSR count). The molecule has 0 aliphatic heterocycles. The van der Waals surface area contributed by atoms with Gasteiger partial charge in [-0.1, -0.05) is 12.1 Å². The van der Waals surface area contributed by atoms with Gasteiger partial charge in [0.05, 0.1) is 11.0 Å². The molecule has 19 heavy (non-hydrogen) atoms. The second-order valence-corrected chi connectivity index (χ2v) is 5.00. The number of benzene rings is 1. The summed E-state index contributed by atoms with van der Waals surface area (Å²) in [7, 11) is 0. The number of carbonyl (C=O) groups is 1. The quantitative estimate of drug-likeness (QED) is 0.766. The highest BCUT2D eigenvalue weighted by Gasteiger charge is 2.06. The lowest BCUT2D eigenvalue weighted by Crippen LogP contribution is -2.25. The summed E-state index contributed by atoms with van der Waals surface area (Å²) in [6, 6.07) is 9.73. The van der Waals surface area contributed by atoms with Crippen molar-refractivity contribution in [3.63, 3.8) is 0 Å². The van der Waals surface area contributed by atoms with E-state index in [4.69, 9.17) is 0 Å². The number of hydrogen-bond acceptors (Lipinski definition) is 3. The van der Waals surface area contributed by atoms with Gasteiger partial charge in [0, 0.05) is 23.9 Å². The van der Waals surface area contributed by atoms with Crippen LogP contribution in [0.5, 0.6) is 0 Å². The predicted octanol–water partition coefficient (Wildman–Crippen LogP) is 2.60. The van der Waals surface area contributed by atoms with Crippen molar-refractivity contribution in [2.45, 2.75) is 6.42 Å². The number of nitrogens with zero attached hydrogens (tertiary/aromatic N) is 1. The van der Waals surface area contributed by atoms with E-state index >= 15 is 0 Å². The van der Waals surface area contributed by atoms with Crippen molar-refractivity contribution >= 4 is 28.3 Å². The van der Waals surface area contributed by atoms with Crippen molar-refractivity contribution in [1.29, 1.82) is 0 Å². The number of H-pyrrole nitrogens is 1.